The zero-order valence-corrected chi connectivity index (χ0v) is 9.64. The van der Waals surface area contributed by atoms with E-state index in [-0.39, 0.29) is 6.10 Å². The summed E-state index contributed by atoms with van der Waals surface area (Å²) in [5.41, 5.74) is 0.853. The third-order valence-corrected chi connectivity index (χ3v) is 3.21. The predicted octanol–water partition coefficient (Wildman–Crippen LogP) is 2.11. The first-order valence-corrected chi connectivity index (χ1v) is 6.25. The summed E-state index contributed by atoms with van der Waals surface area (Å²) in [5, 5.41) is 9.94. The van der Waals surface area contributed by atoms with Crippen molar-refractivity contribution in [3.8, 4) is 0 Å². The van der Waals surface area contributed by atoms with E-state index in [0.717, 1.165) is 18.3 Å². The Hall–Kier alpha value is -0.795. The molecule has 0 radical (unpaired) electrons. The molecule has 1 fully saturated rings. The van der Waals surface area contributed by atoms with E-state index < -0.39 is 7.12 Å². The van der Waals surface area contributed by atoms with Crippen LogP contribution in [0.2, 0.25) is 0 Å². The highest BCUT2D eigenvalue weighted by Crippen LogP contribution is 2.19. The molecule has 0 saturated heterocycles. The summed E-state index contributed by atoms with van der Waals surface area (Å²) >= 11 is 0. The van der Waals surface area contributed by atoms with Gasteiger partial charge in [-0.15, -0.1) is 0 Å². The molecule has 1 aliphatic rings. The first-order valence-electron chi connectivity index (χ1n) is 6.25. The van der Waals surface area contributed by atoms with Crippen molar-refractivity contribution in [3.63, 3.8) is 0 Å². The average Bonchev–Trinajstić information content (AvgIpc) is 2.59. The van der Waals surface area contributed by atoms with Gasteiger partial charge in [0.1, 0.15) is 0 Å². The molecule has 0 aliphatic heterocycles. The van der Waals surface area contributed by atoms with E-state index in [9.17, 15) is 5.02 Å². The van der Waals surface area contributed by atoms with E-state index in [1.807, 2.05) is 30.3 Å². The number of hydrogen-bond donors (Lipinski definition) is 1. The van der Waals surface area contributed by atoms with Crippen molar-refractivity contribution in [2.24, 2.45) is 0 Å². The van der Waals surface area contributed by atoms with E-state index >= 15 is 0 Å². The van der Waals surface area contributed by atoms with Gasteiger partial charge in [-0.25, -0.2) is 0 Å². The molecule has 1 aliphatic carbocycles. The zero-order valence-electron chi connectivity index (χ0n) is 9.64. The molecule has 86 valence electrons. The highest BCUT2D eigenvalue weighted by Gasteiger charge is 2.22. The maximum atomic E-state index is 9.94. The van der Waals surface area contributed by atoms with E-state index in [2.05, 4.69) is 0 Å². The number of hydrogen-bond acceptors (Lipinski definition) is 2. The van der Waals surface area contributed by atoms with Crippen LogP contribution in [0.1, 0.15) is 38.5 Å². The van der Waals surface area contributed by atoms with Gasteiger partial charge in [0.05, 0.1) is 0 Å². The molecular weight excluding hydrogens is 199 g/mol. The molecule has 0 amide bonds. The first-order chi connectivity index (χ1) is 7.86. The van der Waals surface area contributed by atoms with Crippen LogP contribution in [0.25, 0.3) is 0 Å². The van der Waals surface area contributed by atoms with Crippen molar-refractivity contribution in [1.29, 1.82) is 0 Å². The Balaban J connectivity index is 1.88. The van der Waals surface area contributed by atoms with E-state index in [1.165, 1.54) is 25.7 Å². The van der Waals surface area contributed by atoms with Crippen LogP contribution in [0.5, 0.6) is 0 Å². The summed E-state index contributed by atoms with van der Waals surface area (Å²) in [6, 6.07) is 9.61. The minimum atomic E-state index is -0.760. The van der Waals surface area contributed by atoms with Gasteiger partial charge >= 0.3 is 7.12 Å². The van der Waals surface area contributed by atoms with Gasteiger partial charge in [-0.05, 0) is 18.3 Å². The molecule has 16 heavy (non-hydrogen) atoms. The van der Waals surface area contributed by atoms with Gasteiger partial charge in [0, 0.05) is 6.10 Å². The van der Waals surface area contributed by atoms with E-state index in [4.69, 9.17) is 4.65 Å². The second-order valence-electron chi connectivity index (χ2n) is 4.51. The quantitative estimate of drug-likeness (QED) is 0.621. The van der Waals surface area contributed by atoms with Gasteiger partial charge in [0.15, 0.2) is 0 Å². The van der Waals surface area contributed by atoms with Crippen LogP contribution in [0.3, 0.4) is 0 Å². The largest absolute Gasteiger partial charge is 0.491 e. The summed E-state index contributed by atoms with van der Waals surface area (Å²) in [7, 11) is -0.760. The van der Waals surface area contributed by atoms with Crippen LogP contribution in [-0.4, -0.2) is 18.2 Å². The summed E-state index contributed by atoms with van der Waals surface area (Å²) < 4.78 is 5.71. The molecule has 0 spiro atoms. The lowest BCUT2D eigenvalue weighted by molar-refractivity contribution is 0.157. The van der Waals surface area contributed by atoms with Crippen LogP contribution in [-0.2, 0) is 4.65 Å². The van der Waals surface area contributed by atoms with Gasteiger partial charge in [0.25, 0.3) is 0 Å². The van der Waals surface area contributed by atoms with Crippen molar-refractivity contribution in [3.05, 3.63) is 30.3 Å². The normalized spacial score (nSPS) is 18.1. The summed E-state index contributed by atoms with van der Waals surface area (Å²) in [4.78, 5) is 0. The lowest BCUT2D eigenvalue weighted by Gasteiger charge is -2.18. The third kappa shape index (κ3) is 3.36. The molecule has 1 saturated carbocycles. The van der Waals surface area contributed by atoms with E-state index in [0.29, 0.717) is 0 Å². The van der Waals surface area contributed by atoms with E-state index in [1.54, 1.807) is 0 Å². The van der Waals surface area contributed by atoms with Crippen molar-refractivity contribution in [2.45, 2.75) is 44.6 Å². The molecule has 0 unspecified atom stereocenters. The minimum Gasteiger partial charge on any atom is -0.423 e. The van der Waals surface area contributed by atoms with Crippen molar-refractivity contribution in [2.75, 3.05) is 0 Å². The Kier molecular flexibility index (Phi) is 4.43. The lowest BCUT2D eigenvalue weighted by atomic mass is 9.79. The fourth-order valence-corrected chi connectivity index (χ4v) is 2.26. The number of benzene rings is 1. The molecule has 0 aromatic heterocycles. The second-order valence-corrected chi connectivity index (χ2v) is 4.51. The van der Waals surface area contributed by atoms with Crippen molar-refractivity contribution >= 4 is 12.6 Å². The van der Waals surface area contributed by atoms with Crippen molar-refractivity contribution in [1.82, 2.24) is 0 Å². The fourth-order valence-electron chi connectivity index (χ4n) is 2.26. The molecule has 0 heterocycles. The van der Waals surface area contributed by atoms with Crippen molar-refractivity contribution < 1.29 is 9.68 Å². The Morgan fingerprint density at radius 2 is 1.62 bits per heavy atom. The first kappa shape index (κ1) is 11.7. The lowest BCUT2D eigenvalue weighted by Crippen LogP contribution is -2.37. The third-order valence-electron chi connectivity index (χ3n) is 3.21. The Morgan fingerprint density at radius 3 is 2.25 bits per heavy atom. The van der Waals surface area contributed by atoms with Crippen LogP contribution >= 0.6 is 0 Å². The highest BCUT2D eigenvalue weighted by molar-refractivity contribution is 6.59. The molecule has 1 aromatic rings. The van der Waals surface area contributed by atoms with Gasteiger partial charge < -0.3 is 9.68 Å². The number of rotatable bonds is 3. The standard InChI is InChI=1S/C13H19BO2/c15-14(12-8-4-3-5-9-12)16-13-10-6-1-2-7-11-13/h3-5,8-9,13,15H,1-2,6-7,10-11H2. The maximum Gasteiger partial charge on any atom is 0.491 e. The molecule has 2 nitrogen and oxygen atoms in total. The Labute approximate surface area is 97.8 Å². The fraction of sp³-hybridized carbons (Fsp3) is 0.538. The van der Waals surface area contributed by atoms with Crippen LogP contribution < -0.4 is 5.46 Å². The van der Waals surface area contributed by atoms with Crippen LogP contribution in [0, 0.1) is 0 Å². The summed E-state index contributed by atoms with van der Waals surface area (Å²) in [6.45, 7) is 0. The zero-order chi connectivity index (χ0) is 11.2. The maximum absolute atomic E-state index is 9.94. The Morgan fingerprint density at radius 1 is 1.00 bits per heavy atom. The molecule has 1 N–H and O–H groups in total. The van der Waals surface area contributed by atoms with Gasteiger partial charge in [0.2, 0.25) is 0 Å². The second kappa shape index (κ2) is 6.07. The molecule has 1 aromatic carbocycles. The summed E-state index contributed by atoms with van der Waals surface area (Å²) in [5.74, 6) is 0. The Bertz CT molecular complexity index is 294. The smallest absolute Gasteiger partial charge is 0.423 e. The van der Waals surface area contributed by atoms with Crippen LogP contribution in [0.4, 0.5) is 0 Å². The highest BCUT2D eigenvalue weighted by atomic mass is 16.5. The van der Waals surface area contributed by atoms with Gasteiger partial charge in [-0.1, -0.05) is 56.0 Å². The molecular formula is C13H19BO2. The van der Waals surface area contributed by atoms with Crippen LogP contribution in [0.15, 0.2) is 30.3 Å². The van der Waals surface area contributed by atoms with Gasteiger partial charge in [-0.2, -0.15) is 0 Å². The average molecular weight is 218 g/mol. The summed E-state index contributed by atoms with van der Waals surface area (Å²) in [6.07, 6.45) is 7.48. The minimum absolute atomic E-state index is 0.234. The predicted molar refractivity (Wildman–Crippen MR) is 66.6 cm³/mol. The molecule has 0 bridgehead atoms. The topological polar surface area (TPSA) is 29.5 Å². The molecule has 3 heteroatoms. The monoisotopic (exact) mass is 218 g/mol. The molecule has 2 rings (SSSR count). The SMILES string of the molecule is OB(OC1CCCCCC1)c1ccccc1. The molecule has 0 atom stereocenters. The van der Waals surface area contributed by atoms with Gasteiger partial charge in [-0.3, -0.25) is 0 Å².